The van der Waals surface area contributed by atoms with Crippen molar-refractivity contribution in [3.8, 4) is 17.1 Å². The van der Waals surface area contributed by atoms with Crippen LogP contribution in [0.5, 0.6) is 0 Å². The Hall–Kier alpha value is -3.13. The van der Waals surface area contributed by atoms with Gasteiger partial charge in [-0.05, 0) is 11.6 Å². The van der Waals surface area contributed by atoms with E-state index in [2.05, 4.69) is 5.16 Å². The SMILES string of the molecule is O=Cc1cc2c(-n3c(-c4ccccc4)csc3=O)noc2c(F)c1F. The molecule has 4 aromatic rings. The summed E-state index contributed by atoms with van der Waals surface area (Å²) in [6.07, 6.45) is 0.198. The van der Waals surface area contributed by atoms with Gasteiger partial charge in [-0.15, -0.1) is 0 Å². The van der Waals surface area contributed by atoms with Crippen LogP contribution in [0.3, 0.4) is 0 Å². The zero-order valence-corrected chi connectivity index (χ0v) is 13.2. The molecule has 2 aromatic heterocycles. The van der Waals surface area contributed by atoms with Gasteiger partial charge >= 0.3 is 4.87 Å². The quantitative estimate of drug-likeness (QED) is 0.523. The lowest BCUT2D eigenvalue weighted by atomic mass is 10.1. The maximum Gasteiger partial charge on any atom is 0.313 e. The third kappa shape index (κ3) is 2.30. The molecule has 5 nitrogen and oxygen atoms in total. The Bertz CT molecular complexity index is 1160. The van der Waals surface area contributed by atoms with Crippen molar-refractivity contribution in [2.45, 2.75) is 0 Å². The molecule has 2 heterocycles. The molecule has 2 aromatic carbocycles. The van der Waals surface area contributed by atoms with Crippen LogP contribution in [-0.4, -0.2) is 16.0 Å². The molecule has 0 saturated heterocycles. The van der Waals surface area contributed by atoms with Crippen molar-refractivity contribution in [3.63, 3.8) is 0 Å². The van der Waals surface area contributed by atoms with E-state index < -0.39 is 22.8 Å². The molecule has 0 aliphatic carbocycles. The molecule has 124 valence electrons. The summed E-state index contributed by atoms with van der Waals surface area (Å²) in [4.78, 5) is 22.9. The Morgan fingerprint density at radius 2 is 1.92 bits per heavy atom. The number of halogens is 2. The first kappa shape index (κ1) is 15.4. The van der Waals surface area contributed by atoms with Crippen molar-refractivity contribution in [1.29, 1.82) is 0 Å². The molecule has 0 aliphatic rings. The van der Waals surface area contributed by atoms with Crippen molar-refractivity contribution in [3.05, 3.63) is 68.6 Å². The molecule has 0 bridgehead atoms. The number of aldehydes is 1. The van der Waals surface area contributed by atoms with Gasteiger partial charge in [-0.2, -0.15) is 4.39 Å². The summed E-state index contributed by atoms with van der Waals surface area (Å²) in [5.74, 6) is -2.63. The van der Waals surface area contributed by atoms with Gasteiger partial charge in [0, 0.05) is 5.38 Å². The topological polar surface area (TPSA) is 65.1 Å². The lowest BCUT2D eigenvalue weighted by molar-refractivity contribution is 0.111. The number of hydrogen-bond donors (Lipinski definition) is 0. The van der Waals surface area contributed by atoms with Gasteiger partial charge in [0.2, 0.25) is 11.4 Å². The van der Waals surface area contributed by atoms with Crippen LogP contribution in [-0.2, 0) is 0 Å². The third-order valence-corrected chi connectivity index (χ3v) is 4.48. The summed E-state index contributed by atoms with van der Waals surface area (Å²) >= 11 is 0.938. The van der Waals surface area contributed by atoms with Crippen molar-refractivity contribution >= 4 is 28.6 Å². The Kier molecular flexibility index (Phi) is 3.54. The van der Waals surface area contributed by atoms with Gasteiger partial charge in [0.05, 0.1) is 16.6 Å². The second-order valence-electron chi connectivity index (χ2n) is 5.18. The number of benzene rings is 2. The van der Waals surface area contributed by atoms with E-state index in [-0.39, 0.29) is 22.4 Å². The Balaban J connectivity index is 2.04. The van der Waals surface area contributed by atoms with E-state index >= 15 is 0 Å². The van der Waals surface area contributed by atoms with E-state index in [0.29, 0.717) is 5.69 Å². The number of fused-ring (bicyclic) bond motifs is 1. The highest BCUT2D eigenvalue weighted by Gasteiger charge is 2.23. The van der Waals surface area contributed by atoms with Gasteiger partial charge in [-0.1, -0.05) is 46.8 Å². The monoisotopic (exact) mass is 358 g/mol. The average molecular weight is 358 g/mol. The minimum Gasteiger partial charge on any atom is -0.351 e. The van der Waals surface area contributed by atoms with Crippen LogP contribution in [0.4, 0.5) is 8.78 Å². The fourth-order valence-electron chi connectivity index (χ4n) is 2.59. The van der Waals surface area contributed by atoms with Crippen LogP contribution in [0.25, 0.3) is 28.0 Å². The van der Waals surface area contributed by atoms with Gasteiger partial charge in [0.15, 0.2) is 17.9 Å². The number of rotatable bonds is 3. The summed E-state index contributed by atoms with van der Waals surface area (Å²) in [7, 11) is 0. The predicted octanol–water partition coefficient (Wildman–Crippen LogP) is 3.80. The van der Waals surface area contributed by atoms with Crippen LogP contribution in [0.1, 0.15) is 10.4 Å². The van der Waals surface area contributed by atoms with E-state index in [0.717, 1.165) is 23.0 Å². The number of hydrogen-bond acceptors (Lipinski definition) is 5. The average Bonchev–Trinajstić information content (AvgIpc) is 3.22. The van der Waals surface area contributed by atoms with Crippen molar-refractivity contribution in [1.82, 2.24) is 9.72 Å². The molecule has 0 radical (unpaired) electrons. The fourth-order valence-corrected chi connectivity index (χ4v) is 3.33. The van der Waals surface area contributed by atoms with E-state index in [1.165, 1.54) is 4.57 Å². The lowest BCUT2D eigenvalue weighted by Crippen LogP contribution is -2.12. The minimum atomic E-state index is -1.32. The minimum absolute atomic E-state index is 0.00195. The number of nitrogens with zero attached hydrogens (tertiary/aromatic N) is 2. The standard InChI is InChI=1S/C17H8F2N2O3S/c18-13-10(7-22)6-11-15(14(13)19)24-20-16(11)21-12(8-25-17(21)23)9-4-2-1-3-5-9/h1-8H. The molecule has 0 aliphatic heterocycles. The highest BCUT2D eigenvalue weighted by Crippen LogP contribution is 2.30. The summed E-state index contributed by atoms with van der Waals surface area (Å²) < 4.78 is 34.0. The van der Waals surface area contributed by atoms with Crippen LogP contribution in [0.15, 0.2) is 51.1 Å². The smallest absolute Gasteiger partial charge is 0.313 e. The lowest BCUT2D eigenvalue weighted by Gasteiger charge is -2.05. The van der Waals surface area contributed by atoms with Crippen LogP contribution in [0.2, 0.25) is 0 Å². The first-order valence-corrected chi connectivity index (χ1v) is 7.98. The number of aromatic nitrogens is 2. The second-order valence-corrected chi connectivity index (χ2v) is 6.00. The first-order chi connectivity index (χ1) is 12.1. The summed E-state index contributed by atoms with van der Waals surface area (Å²) in [5, 5.41) is 5.41. The molecule has 0 N–H and O–H groups in total. The molecule has 4 rings (SSSR count). The Labute approximate surface area is 142 Å². The molecular formula is C17H8F2N2O3S. The highest BCUT2D eigenvalue weighted by molar-refractivity contribution is 7.07. The summed E-state index contributed by atoms with van der Waals surface area (Å²) in [6.45, 7) is 0. The number of thiazole rings is 1. The molecule has 0 atom stereocenters. The molecule has 0 amide bonds. The zero-order chi connectivity index (χ0) is 17.6. The largest absolute Gasteiger partial charge is 0.351 e. The summed E-state index contributed by atoms with van der Waals surface area (Å²) in [5.41, 5.74) is 0.354. The van der Waals surface area contributed by atoms with Crippen molar-refractivity contribution < 1.29 is 18.1 Å². The van der Waals surface area contributed by atoms with E-state index in [1.807, 2.05) is 18.2 Å². The maximum absolute atomic E-state index is 14.1. The predicted molar refractivity (Wildman–Crippen MR) is 88.2 cm³/mol. The molecule has 0 fully saturated rings. The normalized spacial score (nSPS) is 11.1. The first-order valence-electron chi connectivity index (χ1n) is 7.10. The summed E-state index contributed by atoms with van der Waals surface area (Å²) in [6, 6.07) is 10.2. The van der Waals surface area contributed by atoms with Crippen LogP contribution >= 0.6 is 11.3 Å². The fraction of sp³-hybridized carbons (Fsp3) is 0. The van der Waals surface area contributed by atoms with E-state index in [4.69, 9.17) is 4.52 Å². The van der Waals surface area contributed by atoms with Gasteiger partial charge in [-0.3, -0.25) is 9.59 Å². The molecule has 0 unspecified atom stereocenters. The van der Waals surface area contributed by atoms with Crippen molar-refractivity contribution in [2.24, 2.45) is 0 Å². The van der Waals surface area contributed by atoms with E-state index in [1.54, 1.807) is 17.5 Å². The maximum atomic E-state index is 14.1. The van der Waals surface area contributed by atoms with Gasteiger partial charge in [-0.25, -0.2) is 8.96 Å². The van der Waals surface area contributed by atoms with E-state index in [9.17, 15) is 18.4 Å². The van der Waals surface area contributed by atoms with Crippen LogP contribution in [0, 0.1) is 11.6 Å². The Morgan fingerprint density at radius 3 is 2.64 bits per heavy atom. The van der Waals surface area contributed by atoms with Crippen molar-refractivity contribution in [2.75, 3.05) is 0 Å². The molecule has 25 heavy (non-hydrogen) atoms. The van der Waals surface area contributed by atoms with Gasteiger partial charge < -0.3 is 4.52 Å². The second kappa shape index (κ2) is 5.75. The molecule has 0 saturated carbocycles. The zero-order valence-electron chi connectivity index (χ0n) is 12.4. The molecular weight excluding hydrogens is 350 g/mol. The number of carbonyl (C=O) groups is 1. The van der Waals surface area contributed by atoms with Gasteiger partial charge in [0.25, 0.3) is 0 Å². The third-order valence-electron chi connectivity index (χ3n) is 3.76. The van der Waals surface area contributed by atoms with Gasteiger partial charge in [0.1, 0.15) is 0 Å². The molecule has 8 heteroatoms. The molecule has 0 spiro atoms. The Morgan fingerprint density at radius 1 is 1.16 bits per heavy atom. The van der Waals surface area contributed by atoms with Crippen LogP contribution < -0.4 is 4.87 Å². The number of carbonyl (C=O) groups excluding carboxylic acids is 1. The highest BCUT2D eigenvalue weighted by atomic mass is 32.1.